The summed E-state index contributed by atoms with van der Waals surface area (Å²) >= 11 is 5.70. The third-order valence-electron chi connectivity index (χ3n) is 5.13. The molecule has 0 unspecified atom stereocenters. The molecule has 1 aromatic heterocycles. The van der Waals surface area contributed by atoms with Crippen LogP contribution < -0.4 is 15.7 Å². The van der Waals surface area contributed by atoms with E-state index in [1.807, 2.05) is 30.8 Å². The molecule has 0 saturated carbocycles. The first-order chi connectivity index (χ1) is 16.1. The second-order valence-electron chi connectivity index (χ2n) is 7.54. The molecule has 1 heterocycles. The van der Waals surface area contributed by atoms with Gasteiger partial charge in [-0.3, -0.25) is 4.79 Å². The van der Waals surface area contributed by atoms with Gasteiger partial charge in [0.2, 0.25) is 5.55 Å². The number of nitrogens with one attached hydrogen (secondary N) is 2. The van der Waals surface area contributed by atoms with Gasteiger partial charge in [0.05, 0.1) is 9.92 Å². The van der Waals surface area contributed by atoms with Crippen molar-refractivity contribution < 1.29 is 22.0 Å². The molecule has 4 aromatic rings. The van der Waals surface area contributed by atoms with Gasteiger partial charge in [-0.2, -0.15) is 13.2 Å². The number of benzene rings is 3. The number of fused-ring (bicyclic) bond motifs is 1. The minimum Gasteiger partial charge on any atom is -0.436 e. The Morgan fingerprint density at radius 1 is 1.00 bits per heavy atom. The van der Waals surface area contributed by atoms with Crippen LogP contribution in [-0.2, 0) is 10.0 Å². The van der Waals surface area contributed by atoms with Crippen molar-refractivity contribution >= 4 is 44.2 Å². The van der Waals surface area contributed by atoms with Gasteiger partial charge in [0.25, 0.3) is 15.9 Å². The number of halogens is 2. The number of carbonyl (C=O) groups is 1. The Hall–Kier alpha value is -3.69. The van der Waals surface area contributed by atoms with E-state index in [1.54, 1.807) is 36.4 Å². The van der Waals surface area contributed by atoms with E-state index in [0.717, 1.165) is 29.3 Å². The molecule has 4 rings (SSSR count). The maximum atomic E-state index is 13.4. The second-order valence-corrected chi connectivity index (χ2v) is 9.61. The molecule has 0 aliphatic heterocycles. The molecule has 174 valence electrons. The average molecular weight is 500 g/mol. The third-order valence-corrected chi connectivity index (χ3v) is 6.63. The van der Waals surface area contributed by atoms with Crippen LogP contribution in [0.5, 0.6) is 0 Å². The van der Waals surface area contributed by atoms with E-state index in [2.05, 4.69) is 10.4 Å². The van der Waals surface area contributed by atoms with E-state index in [1.165, 1.54) is 0 Å². The van der Waals surface area contributed by atoms with Crippen molar-refractivity contribution in [3.05, 3.63) is 99.8 Å². The van der Waals surface area contributed by atoms with Crippen molar-refractivity contribution in [3.8, 4) is 0 Å². The highest BCUT2D eigenvalue weighted by molar-refractivity contribution is 7.89. The molecule has 2 N–H and O–H groups in total. The van der Waals surface area contributed by atoms with Crippen LogP contribution in [0.4, 0.5) is 10.1 Å². The van der Waals surface area contributed by atoms with E-state index in [9.17, 15) is 17.6 Å². The van der Waals surface area contributed by atoms with E-state index in [0.29, 0.717) is 16.7 Å². The monoisotopic (exact) mass is 499 g/mol. The van der Waals surface area contributed by atoms with E-state index in [4.69, 9.17) is 16.0 Å². The average Bonchev–Trinajstić information content (AvgIpc) is 2.81. The molecule has 3 aromatic carbocycles. The Morgan fingerprint density at radius 2 is 1.76 bits per heavy atom. The molecule has 0 aliphatic carbocycles. The zero-order valence-corrected chi connectivity index (χ0v) is 19.7. The first-order valence-electron chi connectivity index (χ1n) is 10.1. The minimum absolute atomic E-state index is 0.0109. The van der Waals surface area contributed by atoms with Gasteiger partial charge in [0.1, 0.15) is 17.0 Å². The summed E-state index contributed by atoms with van der Waals surface area (Å²) in [6, 6.07) is 16.9. The molecule has 0 bridgehead atoms. The van der Waals surface area contributed by atoms with Gasteiger partial charge in [0.15, 0.2) is 0 Å². The Morgan fingerprint density at radius 3 is 2.50 bits per heavy atom. The van der Waals surface area contributed by atoms with Gasteiger partial charge in [-0.05, 0) is 67.4 Å². The van der Waals surface area contributed by atoms with Crippen LogP contribution >= 0.6 is 11.6 Å². The highest BCUT2D eigenvalue weighted by atomic mass is 35.5. The number of hydrogen-bond donors (Lipinski definition) is 2. The maximum absolute atomic E-state index is 13.4. The SMILES string of the molecule is Cc1ccc(NC(=O)c2cc3ccccc3o/c2=N/NS(=O)(=O)c2ccc(F)c(Cl)c2)cc1C. The number of para-hydroxylation sites is 1. The molecule has 0 spiro atoms. The smallest absolute Gasteiger partial charge is 0.276 e. The quantitative estimate of drug-likeness (QED) is 0.382. The molecule has 34 heavy (non-hydrogen) atoms. The topological polar surface area (TPSA) is 101 Å². The van der Waals surface area contributed by atoms with E-state index < -0.39 is 21.7 Å². The lowest BCUT2D eigenvalue weighted by Gasteiger charge is -2.09. The predicted octanol–water partition coefficient (Wildman–Crippen LogP) is 4.89. The molecule has 7 nitrogen and oxygen atoms in total. The molecule has 1 amide bonds. The second kappa shape index (κ2) is 9.28. The van der Waals surface area contributed by atoms with Gasteiger partial charge >= 0.3 is 0 Å². The summed E-state index contributed by atoms with van der Waals surface area (Å²) < 4.78 is 44.4. The Bertz CT molecular complexity index is 1600. The lowest BCUT2D eigenvalue weighted by Crippen LogP contribution is -2.27. The van der Waals surface area contributed by atoms with Gasteiger partial charge in [-0.15, -0.1) is 5.10 Å². The summed E-state index contributed by atoms with van der Waals surface area (Å²) in [5, 5.41) is 6.90. The van der Waals surface area contributed by atoms with Crippen LogP contribution in [0.2, 0.25) is 5.02 Å². The van der Waals surface area contributed by atoms with Gasteiger partial charge in [-0.1, -0.05) is 35.9 Å². The van der Waals surface area contributed by atoms with Crippen molar-refractivity contribution in [1.29, 1.82) is 0 Å². The van der Waals surface area contributed by atoms with E-state index >= 15 is 0 Å². The van der Waals surface area contributed by atoms with Crippen molar-refractivity contribution in [2.75, 3.05) is 5.32 Å². The predicted molar refractivity (Wildman–Crippen MR) is 127 cm³/mol. The fourth-order valence-electron chi connectivity index (χ4n) is 3.13. The standard InChI is InChI=1S/C24H19ClFN3O4S/c1-14-7-8-17(11-15(14)2)27-23(30)19-12-16-5-3-4-6-22(16)33-24(19)28-29-34(31,32)18-9-10-21(26)20(25)13-18/h3-13,29H,1-2H3,(H,27,30)/b28-24+. The lowest BCUT2D eigenvalue weighted by molar-refractivity contribution is 0.102. The lowest BCUT2D eigenvalue weighted by atomic mass is 10.1. The Kier molecular flexibility index (Phi) is 6.41. The van der Waals surface area contributed by atoms with Crippen molar-refractivity contribution in [1.82, 2.24) is 4.83 Å². The molecule has 0 atom stereocenters. The van der Waals surface area contributed by atoms with Crippen LogP contribution in [0.1, 0.15) is 21.5 Å². The zero-order valence-electron chi connectivity index (χ0n) is 18.1. The Labute approximate surface area is 199 Å². The number of carbonyl (C=O) groups excluding carboxylic acids is 1. The van der Waals surface area contributed by atoms with Crippen molar-refractivity contribution in [2.45, 2.75) is 18.7 Å². The summed E-state index contributed by atoms with van der Waals surface area (Å²) in [6.45, 7) is 3.88. The summed E-state index contributed by atoms with van der Waals surface area (Å²) in [6.07, 6.45) is 0. The Balaban J connectivity index is 1.75. The largest absolute Gasteiger partial charge is 0.436 e. The van der Waals surface area contributed by atoms with Crippen molar-refractivity contribution in [2.24, 2.45) is 5.10 Å². The number of anilines is 1. The first-order valence-corrected chi connectivity index (χ1v) is 11.9. The number of nitrogens with zero attached hydrogens (tertiary/aromatic N) is 1. The number of hydrogen-bond acceptors (Lipinski definition) is 5. The van der Waals surface area contributed by atoms with Crippen LogP contribution in [-0.4, -0.2) is 14.3 Å². The molecule has 0 aliphatic rings. The maximum Gasteiger partial charge on any atom is 0.276 e. The molecular weight excluding hydrogens is 481 g/mol. The highest BCUT2D eigenvalue weighted by Gasteiger charge is 2.17. The number of rotatable bonds is 5. The van der Waals surface area contributed by atoms with Gasteiger partial charge in [0, 0.05) is 11.1 Å². The first kappa shape index (κ1) is 23.5. The van der Waals surface area contributed by atoms with Crippen LogP contribution in [0.3, 0.4) is 0 Å². The summed E-state index contributed by atoms with van der Waals surface area (Å²) in [4.78, 5) is 14.8. The van der Waals surface area contributed by atoms with Crippen LogP contribution in [0, 0.1) is 19.7 Å². The summed E-state index contributed by atoms with van der Waals surface area (Å²) in [7, 11) is -4.22. The van der Waals surface area contributed by atoms with Crippen molar-refractivity contribution in [3.63, 3.8) is 0 Å². The molecule has 0 fully saturated rings. The fourth-order valence-corrected chi connectivity index (χ4v) is 4.20. The van der Waals surface area contributed by atoms with E-state index in [-0.39, 0.29) is 21.0 Å². The molecular formula is C24H19ClFN3O4S. The van der Waals surface area contributed by atoms with Crippen LogP contribution in [0.25, 0.3) is 11.0 Å². The fraction of sp³-hybridized carbons (Fsp3) is 0.0833. The molecule has 0 radical (unpaired) electrons. The van der Waals surface area contributed by atoms with Gasteiger partial charge < -0.3 is 9.73 Å². The summed E-state index contributed by atoms with van der Waals surface area (Å²) in [5.74, 6) is -1.30. The van der Waals surface area contributed by atoms with Crippen LogP contribution in [0.15, 0.2) is 81.1 Å². The normalized spacial score (nSPS) is 12.1. The summed E-state index contributed by atoms with van der Waals surface area (Å²) in [5.41, 5.74) is 2.79. The number of amides is 1. The molecule has 10 heteroatoms. The third kappa shape index (κ3) is 4.95. The zero-order chi connectivity index (χ0) is 24.5. The minimum atomic E-state index is -4.22. The number of aryl methyl sites for hydroxylation is 2. The van der Waals surface area contributed by atoms with Gasteiger partial charge in [-0.25, -0.2) is 4.39 Å². The number of sulfonamides is 1. The molecule has 0 saturated heterocycles. The highest BCUT2D eigenvalue weighted by Crippen LogP contribution is 2.20.